The lowest BCUT2D eigenvalue weighted by atomic mass is 9.98. The van der Waals surface area contributed by atoms with Crippen LogP contribution in [0.15, 0.2) is 42.5 Å². The first kappa shape index (κ1) is 11.0. The van der Waals surface area contributed by atoms with E-state index in [0.717, 1.165) is 5.56 Å². The molecule has 1 unspecified atom stereocenters. The number of benzene rings is 2. The van der Waals surface area contributed by atoms with Gasteiger partial charge in [-0.1, -0.05) is 48.0 Å². The highest BCUT2D eigenvalue weighted by atomic mass is 16.5. The number of hydrogen-bond donors (Lipinski definition) is 0. The Morgan fingerprint density at radius 1 is 1.17 bits per heavy atom. The van der Waals surface area contributed by atoms with Crippen molar-refractivity contribution < 1.29 is 4.74 Å². The molecule has 1 atom stereocenters. The van der Waals surface area contributed by atoms with Crippen molar-refractivity contribution in [2.24, 2.45) is 0 Å². The maximum atomic E-state index is 7.03. The summed E-state index contributed by atoms with van der Waals surface area (Å²) < 4.78 is 5.85. The van der Waals surface area contributed by atoms with Gasteiger partial charge >= 0.3 is 0 Å². The molecule has 2 aromatic carbocycles. The van der Waals surface area contributed by atoms with Gasteiger partial charge in [0.15, 0.2) is 5.69 Å². The van der Waals surface area contributed by atoms with E-state index in [2.05, 4.69) is 36.0 Å². The van der Waals surface area contributed by atoms with E-state index in [1.165, 1.54) is 16.7 Å². The first-order valence-electron chi connectivity index (χ1n) is 5.96. The number of aryl methyl sites for hydroxylation is 1. The minimum Gasteiger partial charge on any atom is -0.364 e. The van der Waals surface area contributed by atoms with E-state index in [0.29, 0.717) is 12.3 Å². The van der Waals surface area contributed by atoms with Crippen molar-refractivity contribution >= 4 is 5.69 Å². The molecule has 1 aliphatic rings. The molecule has 18 heavy (non-hydrogen) atoms. The molecule has 0 aromatic heterocycles. The average molecular weight is 235 g/mol. The van der Waals surface area contributed by atoms with Crippen LogP contribution in [-0.2, 0) is 11.3 Å². The molecule has 2 aromatic rings. The van der Waals surface area contributed by atoms with E-state index >= 15 is 0 Å². The average Bonchev–Trinajstić information content (AvgIpc) is 2.82. The fourth-order valence-corrected chi connectivity index (χ4v) is 2.32. The van der Waals surface area contributed by atoms with E-state index in [4.69, 9.17) is 11.3 Å². The molecule has 1 heterocycles. The Balaban J connectivity index is 2.00. The van der Waals surface area contributed by atoms with E-state index in [-0.39, 0.29) is 6.10 Å². The molecule has 0 bridgehead atoms. The zero-order valence-electron chi connectivity index (χ0n) is 10.2. The number of hydrogen-bond acceptors (Lipinski definition) is 1. The smallest absolute Gasteiger partial charge is 0.187 e. The molecule has 3 rings (SSSR count). The largest absolute Gasteiger partial charge is 0.364 e. The molecule has 1 aliphatic heterocycles. The van der Waals surface area contributed by atoms with Crippen LogP contribution in [0.2, 0.25) is 0 Å². The highest BCUT2D eigenvalue weighted by molar-refractivity contribution is 5.52. The van der Waals surface area contributed by atoms with Gasteiger partial charge in [0.25, 0.3) is 0 Å². The number of rotatable bonds is 1. The monoisotopic (exact) mass is 235 g/mol. The second-order valence-electron chi connectivity index (χ2n) is 4.60. The Bertz CT molecular complexity index is 623. The van der Waals surface area contributed by atoms with Crippen molar-refractivity contribution in [1.82, 2.24) is 0 Å². The predicted molar refractivity (Wildman–Crippen MR) is 70.5 cm³/mol. The van der Waals surface area contributed by atoms with E-state index in [1.54, 1.807) is 0 Å². The van der Waals surface area contributed by atoms with E-state index in [1.807, 2.05) is 18.2 Å². The molecule has 0 fully saturated rings. The minimum absolute atomic E-state index is 0.0142. The van der Waals surface area contributed by atoms with Crippen molar-refractivity contribution in [3.05, 3.63) is 76.1 Å². The van der Waals surface area contributed by atoms with Gasteiger partial charge in [-0.25, -0.2) is 4.85 Å². The van der Waals surface area contributed by atoms with Crippen LogP contribution in [-0.4, -0.2) is 0 Å². The summed E-state index contributed by atoms with van der Waals surface area (Å²) in [4.78, 5) is 3.45. The summed E-state index contributed by atoms with van der Waals surface area (Å²) in [5.41, 5.74) is 5.43. The van der Waals surface area contributed by atoms with Crippen molar-refractivity contribution in [3.8, 4) is 0 Å². The van der Waals surface area contributed by atoms with Crippen LogP contribution in [0.5, 0.6) is 0 Å². The van der Waals surface area contributed by atoms with Crippen LogP contribution >= 0.6 is 0 Å². The summed E-state index contributed by atoms with van der Waals surface area (Å²) in [6.45, 7) is 9.70. The summed E-state index contributed by atoms with van der Waals surface area (Å²) in [6.07, 6.45) is 0.0142. The maximum Gasteiger partial charge on any atom is 0.187 e. The zero-order valence-corrected chi connectivity index (χ0v) is 10.2. The molecule has 2 nitrogen and oxygen atoms in total. The fraction of sp³-hybridized carbons (Fsp3) is 0.188. The Morgan fingerprint density at radius 3 is 2.67 bits per heavy atom. The maximum absolute atomic E-state index is 7.03. The molecule has 0 spiro atoms. The number of fused-ring (bicyclic) bond motifs is 1. The molecule has 88 valence electrons. The Labute approximate surface area is 107 Å². The normalized spacial score (nSPS) is 17.2. The molecule has 0 amide bonds. The Kier molecular flexibility index (Phi) is 2.62. The van der Waals surface area contributed by atoms with Crippen LogP contribution in [0.4, 0.5) is 5.69 Å². The molecule has 0 saturated carbocycles. The lowest BCUT2D eigenvalue weighted by Crippen LogP contribution is -1.97. The molecule has 2 heteroatoms. The van der Waals surface area contributed by atoms with Crippen LogP contribution in [0.25, 0.3) is 4.85 Å². The predicted octanol–water partition coefficient (Wildman–Crippen LogP) is 4.17. The molecule has 0 radical (unpaired) electrons. The second-order valence-corrected chi connectivity index (χ2v) is 4.60. The molecular formula is C16H13NO. The standard InChI is InChI=1S/C16H13NO/c1-11-3-5-12(6-4-11)16-15-8-7-14(17-2)9-13(15)10-18-16/h3-9,16H,10H2,1H3. The van der Waals surface area contributed by atoms with Crippen molar-refractivity contribution in [1.29, 1.82) is 0 Å². The Hall–Kier alpha value is -2.11. The number of ether oxygens (including phenoxy) is 1. The van der Waals surface area contributed by atoms with E-state index < -0.39 is 0 Å². The van der Waals surface area contributed by atoms with Gasteiger partial charge in [0.2, 0.25) is 0 Å². The van der Waals surface area contributed by atoms with E-state index in [9.17, 15) is 0 Å². The lowest BCUT2D eigenvalue weighted by Gasteiger charge is -2.11. The Morgan fingerprint density at radius 2 is 1.94 bits per heavy atom. The van der Waals surface area contributed by atoms with Gasteiger partial charge < -0.3 is 4.74 Å². The van der Waals surface area contributed by atoms with Crippen LogP contribution in [0.1, 0.15) is 28.4 Å². The summed E-state index contributed by atoms with van der Waals surface area (Å²) >= 11 is 0. The third-order valence-electron chi connectivity index (χ3n) is 3.32. The highest BCUT2D eigenvalue weighted by Gasteiger charge is 2.24. The van der Waals surface area contributed by atoms with Crippen molar-refractivity contribution in [2.75, 3.05) is 0 Å². The summed E-state index contributed by atoms with van der Waals surface area (Å²) in [5.74, 6) is 0. The van der Waals surface area contributed by atoms with Gasteiger partial charge in [-0.2, -0.15) is 0 Å². The van der Waals surface area contributed by atoms with Gasteiger partial charge in [-0.3, -0.25) is 0 Å². The summed E-state index contributed by atoms with van der Waals surface area (Å²) in [5, 5.41) is 0. The third kappa shape index (κ3) is 1.79. The van der Waals surface area contributed by atoms with Crippen molar-refractivity contribution in [2.45, 2.75) is 19.6 Å². The molecule has 0 aliphatic carbocycles. The third-order valence-corrected chi connectivity index (χ3v) is 3.32. The first-order chi connectivity index (χ1) is 8.78. The minimum atomic E-state index is 0.0142. The zero-order chi connectivity index (χ0) is 12.5. The highest BCUT2D eigenvalue weighted by Crippen LogP contribution is 2.37. The van der Waals surface area contributed by atoms with Gasteiger partial charge in [-0.05, 0) is 23.6 Å². The summed E-state index contributed by atoms with van der Waals surface area (Å²) in [7, 11) is 0. The first-order valence-corrected chi connectivity index (χ1v) is 5.96. The topological polar surface area (TPSA) is 13.6 Å². The quantitative estimate of drug-likeness (QED) is 0.676. The van der Waals surface area contributed by atoms with Gasteiger partial charge in [-0.15, -0.1) is 0 Å². The lowest BCUT2D eigenvalue weighted by molar-refractivity contribution is 0.0939. The summed E-state index contributed by atoms with van der Waals surface area (Å²) in [6, 6.07) is 14.2. The van der Waals surface area contributed by atoms with Gasteiger partial charge in [0.05, 0.1) is 13.2 Å². The SMILES string of the molecule is [C-]#[N+]c1ccc2c(c1)COC2c1ccc(C)cc1. The van der Waals surface area contributed by atoms with Crippen LogP contribution < -0.4 is 0 Å². The van der Waals surface area contributed by atoms with Crippen molar-refractivity contribution in [3.63, 3.8) is 0 Å². The molecular weight excluding hydrogens is 222 g/mol. The number of nitrogens with zero attached hydrogens (tertiary/aromatic N) is 1. The second kappa shape index (κ2) is 4.29. The van der Waals surface area contributed by atoms with Gasteiger partial charge in [0, 0.05) is 0 Å². The van der Waals surface area contributed by atoms with Crippen LogP contribution in [0, 0.1) is 13.5 Å². The fourth-order valence-electron chi connectivity index (χ4n) is 2.32. The van der Waals surface area contributed by atoms with Gasteiger partial charge in [0.1, 0.15) is 6.10 Å². The van der Waals surface area contributed by atoms with Crippen LogP contribution in [0.3, 0.4) is 0 Å². The molecule has 0 N–H and O–H groups in total. The molecule has 0 saturated heterocycles.